The Morgan fingerprint density at radius 3 is 2.32 bits per heavy atom. The third-order valence-corrected chi connectivity index (χ3v) is 3.57. The van der Waals surface area contributed by atoms with Crippen LogP contribution in [0.3, 0.4) is 0 Å². The Hall–Kier alpha value is -2.04. The van der Waals surface area contributed by atoms with Gasteiger partial charge in [0.15, 0.2) is 12.4 Å². The lowest BCUT2D eigenvalue weighted by atomic mass is 10.1. The number of nitrogens with one attached hydrogen (secondary N) is 1. The summed E-state index contributed by atoms with van der Waals surface area (Å²) in [7, 11) is 0. The molecule has 0 unspecified atom stereocenters. The maximum Gasteiger partial charge on any atom is 0.262 e. The van der Waals surface area contributed by atoms with E-state index in [4.69, 9.17) is 27.9 Å². The van der Waals surface area contributed by atoms with Gasteiger partial charge in [-0.15, -0.1) is 0 Å². The van der Waals surface area contributed by atoms with Crippen molar-refractivity contribution < 1.29 is 14.3 Å². The number of rotatable bonds is 5. The van der Waals surface area contributed by atoms with Gasteiger partial charge in [-0.1, -0.05) is 23.2 Å². The second-order valence-electron chi connectivity index (χ2n) is 4.55. The van der Waals surface area contributed by atoms with Crippen molar-refractivity contribution in [3.05, 3.63) is 58.1 Å². The van der Waals surface area contributed by atoms with E-state index in [1.807, 2.05) is 0 Å². The van der Waals surface area contributed by atoms with E-state index in [0.717, 1.165) is 0 Å². The normalized spacial score (nSPS) is 10.1. The lowest BCUT2D eigenvalue weighted by Crippen LogP contribution is -2.20. The van der Waals surface area contributed by atoms with Crippen molar-refractivity contribution in [1.82, 2.24) is 0 Å². The second-order valence-corrected chi connectivity index (χ2v) is 5.36. The van der Waals surface area contributed by atoms with E-state index >= 15 is 0 Å². The fourth-order valence-corrected chi connectivity index (χ4v) is 2.00. The van der Waals surface area contributed by atoms with E-state index in [1.54, 1.807) is 42.5 Å². The van der Waals surface area contributed by atoms with Crippen molar-refractivity contribution in [2.24, 2.45) is 0 Å². The van der Waals surface area contributed by atoms with Gasteiger partial charge in [-0.05, 0) is 49.4 Å². The first kappa shape index (κ1) is 16.3. The lowest BCUT2D eigenvalue weighted by Gasteiger charge is -2.08. The number of carbonyl (C=O) groups excluding carboxylic acids is 2. The topological polar surface area (TPSA) is 55.4 Å². The van der Waals surface area contributed by atoms with Crippen molar-refractivity contribution in [2.75, 3.05) is 11.9 Å². The van der Waals surface area contributed by atoms with Crippen LogP contribution in [0.4, 0.5) is 5.69 Å². The van der Waals surface area contributed by atoms with Gasteiger partial charge < -0.3 is 10.1 Å². The molecule has 1 amide bonds. The molecule has 0 bridgehead atoms. The van der Waals surface area contributed by atoms with Gasteiger partial charge in [0.05, 0.1) is 10.0 Å². The zero-order valence-electron chi connectivity index (χ0n) is 11.7. The molecule has 0 saturated heterocycles. The molecule has 2 aromatic carbocycles. The van der Waals surface area contributed by atoms with E-state index in [9.17, 15) is 9.59 Å². The highest BCUT2D eigenvalue weighted by molar-refractivity contribution is 6.42. The molecule has 1 N–H and O–H groups in total. The van der Waals surface area contributed by atoms with Gasteiger partial charge >= 0.3 is 0 Å². The maximum atomic E-state index is 11.8. The third kappa shape index (κ3) is 4.48. The minimum atomic E-state index is -0.325. The van der Waals surface area contributed by atoms with Crippen LogP contribution in [-0.2, 0) is 4.79 Å². The predicted molar refractivity (Wildman–Crippen MR) is 87.0 cm³/mol. The highest BCUT2D eigenvalue weighted by atomic mass is 35.5. The van der Waals surface area contributed by atoms with Crippen LogP contribution >= 0.6 is 23.2 Å². The van der Waals surface area contributed by atoms with Crippen molar-refractivity contribution in [3.63, 3.8) is 0 Å². The van der Waals surface area contributed by atoms with Crippen molar-refractivity contribution in [3.8, 4) is 5.75 Å². The smallest absolute Gasteiger partial charge is 0.262 e. The standard InChI is InChI=1S/C16H13Cl2NO3/c1-10(20)11-2-5-13(6-3-11)22-9-16(21)19-12-4-7-14(17)15(18)8-12/h2-8H,9H2,1H3,(H,19,21). The summed E-state index contributed by atoms with van der Waals surface area (Å²) in [6, 6.07) is 11.4. The van der Waals surface area contributed by atoms with Gasteiger partial charge in [0, 0.05) is 11.3 Å². The molecule has 0 spiro atoms. The number of benzene rings is 2. The van der Waals surface area contributed by atoms with Crippen LogP contribution in [0, 0.1) is 0 Å². The molecule has 0 atom stereocenters. The van der Waals surface area contributed by atoms with Crippen molar-refractivity contribution in [1.29, 1.82) is 0 Å². The summed E-state index contributed by atoms with van der Waals surface area (Å²) in [6.45, 7) is 1.33. The molecule has 22 heavy (non-hydrogen) atoms. The SMILES string of the molecule is CC(=O)c1ccc(OCC(=O)Nc2ccc(Cl)c(Cl)c2)cc1. The molecule has 0 fully saturated rings. The highest BCUT2D eigenvalue weighted by Crippen LogP contribution is 2.25. The van der Waals surface area contributed by atoms with Crippen LogP contribution < -0.4 is 10.1 Å². The summed E-state index contributed by atoms with van der Waals surface area (Å²) in [5.41, 5.74) is 1.13. The Morgan fingerprint density at radius 2 is 1.73 bits per heavy atom. The van der Waals surface area contributed by atoms with Crippen LogP contribution in [0.2, 0.25) is 10.0 Å². The Kier molecular flexibility index (Phi) is 5.41. The van der Waals surface area contributed by atoms with Crippen LogP contribution in [0.5, 0.6) is 5.75 Å². The molecule has 4 nitrogen and oxygen atoms in total. The third-order valence-electron chi connectivity index (χ3n) is 2.83. The predicted octanol–water partition coefficient (Wildman–Crippen LogP) is 4.21. The fourth-order valence-electron chi connectivity index (χ4n) is 1.71. The number of amides is 1. The highest BCUT2D eigenvalue weighted by Gasteiger charge is 2.06. The molecule has 0 radical (unpaired) electrons. The molecule has 0 heterocycles. The first-order valence-electron chi connectivity index (χ1n) is 6.44. The minimum absolute atomic E-state index is 0.0242. The summed E-state index contributed by atoms with van der Waals surface area (Å²) in [5.74, 6) is 0.159. The van der Waals surface area contributed by atoms with Crippen LogP contribution in [0.25, 0.3) is 0 Å². The number of anilines is 1. The average molecular weight is 338 g/mol. The van der Waals surface area contributed by atoms with Crippen LogP contribution in [0.15, 0.2) is 42.5 Å². The molecule has 114 valence electrons. The molecule has 0 aliphatic carbocycles. The number of hydrogen-bond acceptors (Lipinski definition) is 3. The number of ketones is 1. The van der Waals surface area contributed by atoms with E-state index in [2.05, 4.69) is 5.32 Å². The minimum Gasteiger partial charge on any atom is -0.484 e. The monoisotopic (exact) mass is 337 g/mol. The molecule has 0 aromatic heterocycles. The number of halogens is 2. The van der Waals surface area contributed by atoms with Gasteiger partial charge in [0.2, 0.25) is 0 Å². The number of Topliss-reactive ketones (excluding diaryl/α,β-unsaturated/α-hetero) is 1. The van der Waals surface area contributed by atoms with Gasteiger partial charge in [-0.25, -0.2) is 0 Å². The molecule has 0 saturated carbocycles. The Morgan fingerprint density at radius 1 is 1.05 bits per heavy atom. The van der Waals surface area contributed by atoms with Crippen molar-refractivity contribution >= 4 is 40.6 Å². The number of hydrogen-bond donors (Lipinski definition) is 1. The molecule has 0 aliphatic rings. The maximum absolute atomic E-state index is 11.8. The summed E-state index contributed by atoms with van der Waals surface area (Å²) in [4.78, 5) is 22.9. The van der Waals surface area contributed by atoms with E-state index in [0.29, 0.717) is 27.0 Å². The first-order valence-corrected chi connectivity index (χ1v) is 7.20. The average Bonchev–Trinajstić information content (AvgIpc) is 2.49. The van der Waals surface area contributed by atoms with E-state index in [1.165, 1.54) is 6.92 Å². The summed E-state index contributed by atoms with van der Waals surface area (Å²) < 4.78 is 5.35. The largest absolute Gasteiger partial charge is 0.484 e. The summed E-state index contributed by atoms with van der Waals surface area (Å²) >= 11 is 11.7. The summed E-state index contributed by atoms with van der Waals surface area (Å²) in [5, 5.41) is 3.43. The van der Waals surface area contributed by atoms with Gasteiger partial charge in [-0.2, -0.15) is 0 Å². The Labute approximate surface area is 138 Å². The van der Waals surface area contributed by atoms with Gasteiger partial charge in [-0.3, -0.25) is 9.59 Å². The zero-order chi connectivity index (χ0) is 16.1. The molecule has 0 aliphatic heterocycles. The molecule has 2 rings (SSSR count). The molecule has 6 heteroatoms. The molecule has 2 aromatic rings. The van der Waals surface area contributed by atoms with Gasteiger partial charge in [0.1, 0.15) is 5.75 Å². The van der Waals surface area contributed by atoms with E-state index < -0.39 is 0 Å². The van der Waals surface area contributed by atoms with Crippen LogP contribution in [-0.4, -0.2) is 18.3 Å². The second kappa shape index (κ2) is 7.29. The molecular formula is C16H13Cl2NO3. The van der Waals surface area contributed by atoms with Gasteiger partial charge in [0.25, 0.3) is 5.91 Å². The molecular weight excluding hydrogens is 325 g/mol. The fraction of sp³-hybridized carbons (Fsp3) is 0.125. The summed E-state index contributed by atoms with van der Waals surface area (Å²) in [6.07, 6.45) is 0. The van der Waals surface area contributed by atoms with E-state index in [-0.39, 0.29) is 18.3 Å². The van der Waals surface area contributed by atoms with Crippen molar-refractivity contribution in [2.45, 2.75) is 6.92 Å². The zero-order valence-corrected chi connectivity index (χ0v) is 13.2. The Bertz CT molecular complexity index is 699. The number of carbonyl (C=O) groups is 2. The lowest BCUT2D eigenvalue weighted by molar-refractivity contribution is -0.118. The first-order chi connectivity index (χ1) is 10.5. The quantitative estimate of drug-likeness (QED) is 0.831. The Balaban J connectivity index is 1.89. The van der Waals surface area contributed by atoms with Crippen LogP contribution in [0.1, 0.15) is 17.3 Å². The number of ether oxygens (including phenoxy) is 1.